The molecule has 1 rings (SSSR count). The molecular weight excluding hydrogens is 281 g/mol. The number of carboxylic acid groups (broad SMARTS) is 1. The molecule has 0 spiro atoms. The molecule has 0 saturated heterocycles. The van der Waals surface area contributed by atoms with E-state index < -0.39 is 25.8 Å². The van der Waals surface area contributed by atoms with Crippen molar-refractivity contribution >= 4 is 37.4 Å². The Balaban J connectivity index is 2.97. The Morgan fingerprint density at radius 1 is 1.56 bits per heavy atom. The molecule has 16 heavy (non-hydrogen) atoms. The van der Waals surface area contributed by atoms with Gasteiger partial charge in [0, 0.05) is 0 Å². The number of aliphatic carboxylic acids is 1. The third-order valence-electron chi connectivity index (χ3n) is 1.68. The first-order valence-corrected chi connectivity index (χ1v) is 6.19. The maximum absolute atomic E-state index is 10.7. The van der Waals surface area contributed by atoms with Crippen LogP contribution in [0.3, 0.4) is 0 Å². The molecule has 0 radical (unpaired) electrons. The van der Waals surface area contributed by atoms with Gasteiger partial charge >= 0.3 is 96.2 Å². The van der Waals surface area contributed by atoms with Crippen LogP contribution in [-0.4, -0.2) is 37.2 Å². The monoisotopic (exact) mass is 289 g/mol. The number of nitro benzene ring substituents is 1. The molecule has 0 bridgehead atoms. The number of aldehydes is 1. The molecule has 0 atom stereocenters. The van der Waals surface area contributed by atoms with Gasteiger partial charge in [-0.2, -0.15) is 0 Å². The van der Waals surface area contributed by atoms with E-state index in [-0.39, 0.29) is 16.6 Å². The topological polar surface area (TPSA) is 97.5 Å². The number of hydrogen-bond donors (Lipinski definition) is 1. The molecule has 6 nitrogen and oxygen atoms in total. The zero-order chi connectivity index (χ0) is 12.1. The summed E-state index contributed by atoms with van der Waals surface area (Å²) >= 11 is -0.392. The summed E-state index contributed by atoms with van der Waals surface area (Å²) in [6.07, 6.45) is 0.506. The fourth-order valence-corrected chi connectivity index (χ4v) is 2.52. The molecule has 0 amide bonds. The Bertz CT molecular complexity index is 446. The van der Waals surface area contributed by atoms with Gasteiger partial charge in [0.1, 0.15) is 0 Å². The molecule has 0 aromatic heterocycles. The van der Waals surface area contributed by atoms with E-state index in [1.54, 1.807) is 0 Å². The summed E-state index contributed by atoms with van der Waals surface area (Å²) in [6.45, 7) is 0. The van der Waals surface area contributed by atoms with Crippen LogP contribution in [0.5, 0.6) is 0 Å². The van der Waals surface area contributed by atoms with Gasteiger partial charge in [-0.1, -0.05) is 0 Å². The number of rotatable bonds is 5. The van der Waals surface area contributed by atoms with E-state index in [2.05, 4.69) is 0 Å². The van der Waals surface area contributed by atoms with Gasteiger partial charge in [0.15, 0.2) is 0 Å². The summed E-state index contributed by atoms with van der Waals surface area (Å²) in [6, 6.07) is 3.86. The van der Waals surface area contributed by atoms with Crippen LogP contribution in [0.25, 0.3) is 0 Å². The number of benzene rings is 1. The van der Waals surface area contributed by atoms with E-state index in [4.69, 9.17) is 5.11 Å². The van der Waals surface area contributed by atoms with Crippen molar-refractivity contribution in [3.8, 4) is 0 Å². The minimum atomic E-state index is -0.949. The molecule has 1 aromatic carbocycles. The molecule has 0 saturated carbocycles. The van der Waals surface area contributed by atoms with Gasteiger partial charge in [0.2, 0.25) is 0 Å². The predicted octanol–water partition coefficient (Wildman–Crippen LogP) is 0.240. The quantitative estimate of drug-likeness (QED) is 0.362. The molecule has 0 aliphatic heterocycles. The van der Waals surface area contributed by atoms with Crippen molar-refractivity contribution in [1.29, 1.82) is 0 Å². The second kappa shape index (κ2) is 5.39. The van der Waals surface area contributed by atoms with Gasteiger partial charge in [-0.05, 0) is 0 Å². The van der Waals surface area contributed by atoms with Crippen LogP contribution in [0, 0.1) is 10.1 Å². The van der Waals surface area contributed by atoms with Crippen molar-refractivity contribution < 1.29 is 19.6 Å². The second-order valence-electron chi connectivity index (χ2n) is 2.78. The van der Waals surface area contributed by atoms with Gasteiger partial charge in [-0.15, -0.1) is 0 Å². The number of carboxylic acids is 1. The van der Waals surface area contributed by atoms with Crippen LogP contribution < -0.4 is 4.46 Å². The molecule has 84 valence electrons. The van der Waals surface area contributed by atoms with Crippen LogP contribution in [0.2, 0.25) is 5.32 Å². The van der Waals surface area contributed by atoms with Crippen LogP contribution in [0.15, 0.2) is 18.2 Å². The standard InChI is InChI=1S/C9H7NO5Se/c11-4-6-3-7(10(14)15)1-2-8(6)16-5-9(12)13/h1-4H,5H2,(H,12,13). The van der Waals surface area contributed by atoms with Gasteiger partial charge in [-0.25, -0.2) is 0 Å². The summed E-state index contributed by atoms with van der Waals surface area (Å²) < 4.78 is 0.565. The summed E-state index contributed by atoms with van der Waals surface area (Å²) in [7, 11) is 0. The van der Waals surface area contributed by atoms with E-state index in [0.717, 1.165) is 6.07 Å². The summed E-state index contributed by atoms with van der Waals surface area (Å²) in [4.78, 5) is 30.9. The molecule has 0 unspecified atom stereocenters. The molecule has 0 heterocycles. The van der Waals surface area contributed by atoms with Gasteiger partial charge in [-0.3, -0.25) is 0 Å². The average Bonchev–Trinajstić information content (AvgIpc) is 2.25. The minimum absolute atomic E-state index is 0.0499. The first-order chi connectivity index (χ1) is 7.54. The first-order valence-electron chi connectivity index (χ1n) is 4.13. The molecule has 1 aromatic rings. The van der Waals surface area contributed by atoms with Gasteiger partial charge in [0.25, 0.3) is 0 Å². The van der Waals surface area contributed by atoms with Crippen molar-refractivity contribution in [3.05, 3.63) is 33.9 Å². The molecule has 0 aliphatic rings. The number of non-ortho nitro benzene ring substituents is 1. The third kappa shape index (κ3) is 3.15. The predicted molar refractivity (Wildman–Crippen MR) is 56.3 cm³/mol. The van der Waals surface area contributed by atoms with E-state index in [1.165, 1.54) is 12.1 Å². The summed E-state index contributed by atoms with van der Waals surface area (Å²) in [5.41, 5.74) is 0.0208. The fourth-order valence-electron chi connectivity index (χ4n) is 1.01. The van der Waals surface area contributed by atoms with Crippen molar-refractivity contribution in [2.75, 3.05) is 0 Å². The third-order valence-corrected chi connectivity index (χ3v) is 3.94. The van der Waals surface area contributed by atoms with Crippen molar-refractivity contribution in [2.45, 2.75) is 5.32 Å². The molecule has 0 fully saturated rings. The Morgan fingerprint density at radius 2 is 2.25 bits per heavy atom. The number of hydrogen-bond acceptors (Lipinski definition) is 4. The first kappa shape index (κ1) is 12.3. The average molecular weight is 288 g/mol. The zero-order valence-corrected chi connectivity index (χ0v) is 9.67. The van der Waals surface area contributed by atoms with E-state index >= 15 is 0 Å². The number of nitro groups is 1. The number of carbonyl (C=O) groups is 2. The van der Waals surface area contributed by atoms with Crippen LogP contribution in [0.4, 0.5) is 5.69 Å². The van der Waals surface area contributed by atoms with Crippen molar-refractivity contribution in [3.63, 3.8) is 0 Å². The molecular formula is C9H7NO5Se. The van der Waals surface area contributed by atoms with Gasteiger partial charge in [0.05, 0.1) is 0 Å². The summed E-state index contributed by atoms with van der Waals surface area (Å²) in [5, 5.41) is 18.9. The Morgan fingerprint density at radius 3 is 2.75 bits per heavy atom. The van der Waals surface area contributed by atoms with E-state index in [9.17, 15) is 19.7 Å². The molecule has 1 N–H and O–H groups in total. The number of nitrogens with zero attached hydrogens (tertiary/aromatic N) is 1. The van der Waals surface area contributed by atoms with Crippen LogP contribution in [0.1, 0.15) is 10.4 Å². The van der Waals surface area contributed by atoms with Crippen molar-refractivity contribution in [1.82, 2.24) is 0 Å². The number of carbonyl (C=O) groups excluding carboxylic acids is 1. The van der Waals surface area contributed by atoms with Gasteiger partial charge < -0.3 is 0 Å². The SMILES string of the molecule is O=Cc1cc([N+](=O)[O-])ccc1[Se]CC(=O)O. The second-order valence-corrected chi connectivity index (χ2v) is 4.91. The molecule has 0 aliphatic carbocycles. The molecule has 7 heteroatoms. The summed E-state index contributed by atoms with van der Waals surface area (Å²) in [5.74, 6) is -0.949. The fraction of sp³-hybridized carbons (Fsp3) is 0.111. The Hall–Kier alpha value is -1.72. The maximum atomic E-state index is 10.7. The van der Waals surface area contributed by atoms with Crippen LogP contribution >= 0.6 is 0 Å². The zero-order valence-electron chi connectivity index (χ0n) is 7.95. The Labute approximate surface area is 96.6 Å². The van der Waals surface area contributed by atoms with E-state index in [1.807, 2.05) is 0 Å². The van der Waals surface area contributed by atoms with E-state index in [0.29, 0.717) is 10.7 Å². The Kier molecular flexibility index (Phi) is 4.16. The van der Waals surface area contributed by atoms with Crippen LogP contribution in [-0.2, 0) is 4.79 Å². The van der Waals surface area contributed by atoms with Crippen molar-refractivity contribution in [2.24, 2.45) is 0 Å². The normalized spacial score (nSPS) is 9.75.